The highest BCUT2D eigenvalue weighted by molar-refractivity contribution is 5.92. The number of hydrogen-bond donors (Lipinski definition) is 1. The Balaban J connectivity index is 1.95. The van der Waals surface area contributed by atoms with E-state index in [2.05, 4.69) is 10.3 Å². The molecule has 1 N–H and O–H groups in total. The summed E-state index contributed by atoms with van der Waals surface area (Å²) in [5, 5.41) is 11.9. The Bertz CT molecular complexity index is 469. The maximum Gasteiger partial charge on any atom is 0.272 e. The van der Waals surface area contributed by atoms with Gasteiger partial charge in [-0.3, -0.25) is 4.79 Å². The van der Waals surface area contributed by atoms with Crippen LogP contribution in [0, 0.1) is 17.2 Å². The minimum absolute atomic E-state index is 0.0348. The topological polar surface area (TPSA) is 69.0 Å². The first-order valence-corrected chi connectivity index (χ1v) is 6.54. The lowest BCUT2D eigenvalue weighted by Crippen LogP contribution is -2.40. The zero-order valence-corrected chi connectivity index (χ0v) is 11.1. The standard InChI is InChI=1S/C14H18N4O/c1-16-9-11-4-6-18(7-5-11)14(19)13-3-2-12(8-15)10-17-13/h2-3,10-11,16H,4-7,9H2,1H3. The van der Waals surface area contributed by atoms with Crippen molar-refractivity contribution in [3.05, 3.63) is 29.6 Å². The molecule has 5 heteroatoms. The number of aromatic nitrogens is 1. The van der Waals surface area contributed by atoms with Crippen molar-refractivity contribution in [3.8, 4) is 6.07 Å². The van der Waals surface area contributed by atoms with E-state index in [4.69, 9.17) is 5.26 Å². The fourth-order valence-corrected chi connectivity index (χ4v) is 2.38. The molecule has 1 aliphatic rings. The second kappa shape index (κ2) is 6.30. The van der Waals surface area contributed by atoms with Crippen molar-refractivity contribution in [1.29, 1.82) is 5.26 Å². The molecule has 0 radical (unpaired) electrons. The largest absolute Gasteiger partial charge is 0.337 e. The predicted molar refractivity (Wildman–Crippen MR) is 71.5 cm³/mol. The molecule has 100 valence electrons. The Labute approximate surface area is 113 Å². The highest BCUT2D eigenvalue weighted by Crippen LogP contribution is 2.17. The molecule has 0 bridgehead atoms. The molecule has 1 aromatic heterocycles. The Morgan fingerprint density at radius 2 is 2.26 bits per heavy atom. The van der Waals surface area contributed by atoms with Gasteiger partial charge in [-0.2, -0.15) is 5.26 Å². The summed E-state index contributed by atoms with van der Waals surface area (Å²) in [5.74, 6) is 0.621. The van der Waals surface area contributed by atoms with Gasteiger partial charge in [-0.15, -0.1) is 0 Å². The highest BCUT2D eigenvalue weighted by atomic mass is 16.2. The second-order valence-electron chi connectivity index (χ2n) is 4.84. The number of carbonyl (C=O) groups is 1. The van der Waals surface area contributed by atoms with E-state index in [1.54, 1.807) is 12.1 Å². The minimum Gasteiger partial charge on any atom is -0.337 e. The summed E-state index contributed by atoms with van der Waals surface area (Å²) in [6.45, 7) is 2.58. The van der Waals surface area contributed by atoms with Gasteiger partial charge >= 0.3 is 0 Å². The number of nitrogens with zero attached hydrogens (tertiary/aromatic N) is 3. The van der Waals surface area contributed by atoms with Crippen LogP contribution in [0.2, 0.25) is 0 Å². The summed E-state index contributed by atoms with van der Waals surface area (Å²) >= 11 is 0. The zero-order valence-electron chi connectivity index (χ0n) is 11.1. The van der Waals surface area contributed by atoms with Gasteiger partial charge in [-0.1, -0.05) is 0 Å². The Morgan fingerprint density at radius 1 is 1.53 bits per heavy atom. The van der Waals surface area contributed by atoms with Crippen LogP contribution in [-0.2, 0) is 0 Å². The van der Waals surface area contributed by atoms with Crippen LogP contribution in [0.3, 0.4) is 0 Å². The lowest BCUT2D eigenvalue weighted by atomic mass is 9.96. The monoisotopic (exact) mass is 258 g/mol. The number of carbonyl (C=O) groups excluding carboxylic acids is 1. The molecule has 1 fully saturated rings. The van der Waals surface area contributed by atoms with Gasteiger partial charge in [0.2, 0.25) is 0 Å². The molecule has 1 amide bonds. The third-order valence-corrected chi connectivity index (χ3v) is 3.51. The molecular formula is C14H18N4O. The number of pyridine rings is 1. The molecule has 1 saturated heterocycles. The lowest BCUT2D eigenvalue weighted by Gasteiger charge is -2.31. The SMILES string of the molecule is CNCC1CCN(C(=O)c2ccc(C#N)cn2)CC1. The van der Waals surface area contributed by atoms with Crippen LogP contribution in [0.15, 0.2) is 18.3 Å². The van der Waals surface area contributed by atoms with Crippen molar-refractivity contribution < 1.29 is 4.79 Å². The fraction of sp³-hybridized carbons (Fsp3) is 0.500. The average molecular weight is 258 g/mol. The summed E-state index contributed by atoms with van der Waals surface area (Å²) < 4.78 is 0. The number of rotatable bonds is 3. The molecule has 5 nitrogen and oxygen atoms in total. The maximum atomic E-state index is 12.2. The van der Waals surface area contributed by atoms with E-state index in [1.807, 2.05) is 18.0 Å². The van der Waals surface area contributed by atoms with E-state index in [9.17, 15) is 4.79 Å². The van der Waals surface area contributed by atoms with Crippen molar-refractivity contribution in [2.24, 2.45) is 5.92 Å². The van der Waals surface area contributed by atoms with Gasteiger partial charge < -0.3 is 10.2 Å². The van der Waals surface area contributed by atoms with Crippen LogP contribution in [0.1, 0.15) is 28.9 Å². The molecule has 0 aliphatic carbocycles. The molecule has 1 aliphatic heterocycles. The molecule has 0 spiro atoms. The summed E-state index contributed by atoms with van der Waals surface area (Å²) in [5.41, 5.74) is 0.898. The highest BCUT2D eigenvalue weighted by Gasteiger charge is 2.23. The van der Waals surface area contributed by atoms with E-state index < -0.39 is 0 Å². The molecule has 2 rings (SSSR count). The van der Waals surface area contributed by atoms with Crippen LogP contribution >= 0.6 is 0 Å². The van der Waals surface area contributed by atoms with Gasteiger partial charge in [0.05, 0.1) is 5.56 Å². The van der Waals surface area contributed by atoms with Crippen molar-refractivity contribution in [2.75, 3.05) is 26.7 Å². The third-order valence-electron chi connectivity index (χ3n) is 3.51. The van der Waals surface area contributed by atoms with E-state index in [0.717, 1.165) is 32.5 Å². The van der Waals surface area contributed by atoms with E-state index in [-0.39, 0.29) is 5.91 Å². The van der Waals surface area contributed by atoms with Gasteiger partial charge in [0, 0.05) is 19.3 Å². The molecule has 19 heavy (non-hydrogen) atoms. The zero-order chi connectivity index (χ0) is 13.7. The van der Waals surface area contributed by atoms with Crippen LogP contribution < -0.4 is 5.32 Å². The van der Waals surface area contributed by atoms with E-state index in [0.29, 0.717) is 17.2 Å². The quantitative estimate of drug-likeness (QED) is 0.879. The summed E-state index contributed by atoms with van der Waals surface area (Å²) in [4.78, 5) is 18.1. The Hall–Kier alpha value is -1.93. The number of hydrogen-bond acceptors (Lipinski definition) is 4. The fourth-order valence-electron chi connectivity index (χ4n) is 2.38. The smallest absolute Gasteiger partial charge is 0.272 e. The van der Waals surface area contributed by atoms with Gasteiger partial charge in [0.25, 0.3) is 5.91 Å². The second-order valence-corrected chi connectivity index (χ2v) is 4.84. The van der Waals surface area contributed by atoms with Crippen molar-refractivity contribution in [3.63, 3.8) is 0 Å². The first kappa shape index (κ1) is 13.5. The predicted octanol–water partition coefficient (Wildman–Crippen LogP) is 1.02. The van der Waals surface area contributed by atoms with E-state index in [1.165, 1.54) is 6.20 Å². The Morgan fingerprint density at radius 3 is 2.79 bits per heavy atom. The summed E-state index contributed by atoms with van der Waals surface area (Å²) in [7, 11) is 1.96. The molecule has 0 aromatic carbocycles. The third kappa shape index (κ3) is 3.30. The van der Waals surface area contributed by atoms with Gasteiger partial charge in [0.1, 0.15) is 11.8 Å². The summed E-state index contributed by atoms with van der Waals surface area (Å²) in [6.07, 6.45) is 3.51. The van der Waals surface area contributed by atoms with Crippen molar-refractivity contribution >= 4 is 5.91 Å². The molecular weight excluding hydrogens is 240 g/mol. The lowest BCUT2D eigenvalue weighted by molar-refractivity contribution is 0.0685. The van der Waals surface area contributed by atoms with Crippen LogP contribution in [0.25, 0.3) is 0 Å². The molecule has 0 saturated carbocycles. The van der Waals surface area contributed by atoms with Gasteiger partial charge in [-0.25, -0.2) is 4.98 Å². The van der Waals surface area contributed by atoms with Crippen LogP contribution in [0.5, 0.6) is 0 Å². The number of nitrogens with one attached hydrogen (secondary N) is 1. The number of likely N-dealkylation sites (tertiary alicyclic amines) is 1. The van der Waals surface area contributed by atoms with Crippen LogP contribution in [0.4, 0.5) is 0 Å². The minimum atomic E-state index is -0.0348. The van der Waals surface area contributed by atoms with Crippen LogP contribution in [-0.4, -0.2) is 42.5 Å². The molecule has 0 atom stereocenters. The summed E-state index contributed by atoms with van der Waals surface area (Å²) in [6, 6.07) is 5.26. The first-order chi connectivity index (χ1) is 9.24. The Kier molecular flexibility index (Phi) is 4.48. The van der Waals surface area contributed by atoms with Gasteiger partial charge in [-0.05, 0) is 44.5 Å². The average Bonchev–Trinajstić information content (AvgIpc) is 2.48. The normalized spacial score (nSPS) is 16.1. The molecule has 1 aromatic rings. The number of nitriles is 1. The number of piperidine rings is 1. The van der Waals surface area contributed by atoms with Crippen molar-refractivity contribution in [1.82, 2.24) is 15.2 Å². The maximum absolute atomic E-state index is 12.2. The van der Waals surface area contributed by atoms with Crippen molar-refractivity contribution in [2.45, 2.75) is 12.8 Å². The molecule has 0 unspecified atom stereocenters. The molecule has 2 heterocycles. The first-order valence-electron chi connectivity index (χ1n) is 6.54. The van der Waals surface area contributed by atoms with Gasteiger partial charge in [0.15, 0.2) is 0 Å². The van der Waals surface area contributed by atoms with E-state index >= 15 is 0 Å². The number of amides is 1.